The molecule has 1 aromatic rings. The Morgan fingerprint density at radius 1 is 1.22 bits per heavy atom. The minimum absolute atomic E-state index is 0.127. The van der Waals surface area contributed by atoms with E-state index in [1.54, 1.807) is 0 Å². The molecule has 1 N–H and O–H groups in total. The van der Waals surface area contributed by atoms with Gasteiger partial charge in [-0.15, -0.1) is 0 Å². The van der Waals surface area contributed by atoms with Crippen molar-refractivity contribution < 1.29 is 19.4 Å². The predicted molar refractivity (Wildman–Crippen MR) is 70.5 cm³/mol. The number of phenols is 1. The van der Waals surface area contributed by atoms with Crippen molar-refractivity contribution in [3.8, 4) is 17.2 Å². The Balaban J connectivity index is 3.48. The molecule has 0 unspecified atom stereocenters. The summed E-state index contributed by atoms with van der Waals surface area (Å²) in [7, 11) is 2.95. The number of carbonyl (C=O) groups excluding carboxylic acids is 1. The summed E-state index contributed by atoms with van der Waals surface area (Å²) in [5, 5.41) is 9.72. The Labute approximate surface area is 107 Å². The zero-order valence-electron chi connectivity index (χ0n) is 11.1. The number of ether oxygens (including phenoxy) is 2. The van der Waals surface area contributed by atoms with Gasteiger partial charge in [-0.3, -0.25) is 4.79 Å². The SMILES string of the molecule is COc1cc(O)c(C=O)c(OC)c1/C=C/C(C)C. The van der Waals surface area contributed by atoms with Crippen LogP contribution in [-0.2, 0) is 0 Å². The molecule has 4 heteroatoms. The number of carbonyl (C=O) groups is 1. The number of hydrogen-bond donors (Lipinski definition) is 1. The lowest BCUT2D eigenvalue weighted by Gasteiger charge is -2.13. The second-order valence-electron chi connectivity index (χ2n) is 4.18. The molecular weight excluding hydrogens is 232 g/mol. The largest absolute Gasteiger partial charge is 0.507 e. The molecule has 0 saturated carbocycles. The van der Waals surface area contributed by atoms with Gasteiger partial charge in [0, 0.05) is 6.07 Å². The summed E-state index contributed by atoms with van der Waals surface area (Å²) in [6.07, 6.45) is 4.36. The van der Waals surface area contributed by atoms with Crippen LogP contribution in [-0.4, -0.2) is 25.6 Å². The smallest absolute Gasteiger partial charge is 0.157 e. The normalized spacial score (nSPS) is 10.9. The molecule has 98 valence electrons. The van der Waals surface area contributed by atoms with Crippen LogP contribution in [0, 0.1) is 5.92 Å². The van der Waals surface area contributed by atoms with E-state index in [4.69, 9.17) is 9.47 Å². The van der Waals surface area contributed by atoms with Crippen LogP contribution < -0.4 is 9.47 Å². The third-order valence-electron chi connectivity index (χ3n) is 2.49. The molecule has 1 rings (SSSR count). The maximum absolute atomic E-state index is 11.0. The Bertz CT molecular complexity index is 461. The van der Waals surface area contributed by atoms with E-state index in [-0.39, 0.29) is 11.3 Å². The average molecular weight is 250 g/mol. The molecule has 0 aliphatic heterocycles. The number of allylic oxidation sites excluding steroid dienone is 1. The summed E-state index contributed by atoms with van der Waals surface area (Å²) in [5.41, 5.74) is 0.773. The molecular formula is C14H18O4. The van der Waals surface area contributed by atoms with Crippen molar-refractivity contribution in [3.63, 3.8) is 0 Å². The third-order valence-corrected chi connectivity index (χ3v) is 2.49. The van der Waals surface area contributed by atoms with Crippen LogP contribution in [0.15, 0.2) is 12.1 Å². The van der Waals surface area contributed by atoms with E-state index in [2.05, 4.69) is 0 Å². The van der Waals surface area contributed by atoms with Crippen molar-refractivity contribution in [2.75, 3.05) is 14.2 Å². The highest BCUT2D eigenvalue weighted by atomic mass is 16.5. The molecule has 0 heterocycles. The highest BCUT2D eigenvalue weighted by Crippen LogP contribution is 2.38. The van der Waals surface area contributed by atoms with Gasteiger partial charge in [0.1, 0.15) is 17.2 Å². The van der Waals surface area contributed by atoms with Gasteiger partial charge in [-0.1, -0.05) is 26.0 Å². The second-order valence-corrected chi connectivity index (χ2v) is 4.18. The fraction of sp³-hybridized carbons (Fsp3) is 0.357. The van der Waals surface area contributed by atoms with Gasteiger partial charge in [0.15, 0.2) is 6.29 Å². The predicted octanol–water partition coefficient (Wildman–Crippen LogP) is 2.89. The first-order valence-corrected chi connectivity index (χ1v) is 5.66. The zero-order chi connectivity index (χ0) is 13.7. The van der Waals surface area contributed by atoms with Gasteiger partial charge in [-0.25, -0.2) is 0 Å². The minimum Gasteiger partial charge on any atom is -0.507 e. The first kappa shape index (κ1) is 14.1. The number of aromatic hydroxyl groups is 1. The van der Waals surface area contributed by atoms with Crippen molar-refractivity contribution in [1.82, 2.24) is 0 Å². The summed E-state index contributed by atoms with van der Waals surface area (Å²) in [6, 6.07) is 1.41. The number of aldehydes is 1. The third kappa shape index (κ3) is 2.83. The van der Waals surface area contributed by atoms with Crippen LogP contribution in [0.1, 0.15) is 29.8 Å². The molecule has 0 amide bonds. The number of benzene rings is 1. The molecule has 0 aliphatic rings. The topological polar surface area (TPSA) is 55.8 Å². The zero-order valence-corrected chi connectivity index (χ0v) is 11.1. The molecule has 0 aliphatic carbocycles. The van der Waals surface area contributed by atoms with Gasteiger partial charge < -0.3 is 14.6 Å². The first-order valence-electron chi connectivity index (χ1n) is 5.66. The van der Waals surface area contributed by atoms with Gasteiger partial charge in [-0.2, -0.15) is 0 Å². The summed E-state index contributed by atoms with van der Waals surface area (Å²) in [5.74, 6) is 0.985. The molecule has 0 atom stereocenters. The van der Waals surface area contributed by atoms with E-state index in [1.807, 2.05) is 26.0 Å². The Morgan fingerprint density at radius 3 is 2.33 bits per heavy atom. The molecule has 0 fully saturated rings. The highest BCUT2D eigenvalue weighted by molar-refractivity contribution is 5.88. The van der Waals surface area contributed by atoms with Crippen molar-refractivity contribution >= 4 is 12.4 Å². The summed E-state index contributed by atoms with van der Waals surface area (Å²) >= 11 is 0. The maximum Gasteiger partial charge on any atom is 0.157 e. The fourth-order valence-corrected chi connectivity index (χ4v) is 1.60. The monoisotopic (exact) mass is 250 g/mol. The Hall–Kier alpha value is -1.97. The minimum atomic E-state index is -0.152. The summed E-state index contributed by atoms with van der Waals surface area (Å²) < 4.78 is 10.4. The van der Waals surface area contributed by atoms with E-state index in [0.717, 1.165) is 0 Å². The van der Waals surface area contributed by atoms with Crippen LogP contribution >= 0.6 is 0 Å². The first-order chi connectivity index (χ1) is 8.54. The quantitative estimate of drug-likeness (QED) is 0.816. The van der Waals surface area contributed by atoms with E-state index in [0.29, 0.717) is 29.3 Å². The van der Waals surface area contributed by atoms with Crippen LogP contribution in [0.5, 0.6) is 17.2 Å². The summed E-state index contributed by atoms with van der Waals surface area (Å²) in [6.45, 7) is 4.08. The van der Waals surface area contributed by atoms with Gasteiger partial charge in [0.2, 0.25) is 0 Å². The number of phenolic OH excluding ortho intramolecular Hbond substituents is 1. The van der Waals surface area contributed by atoms with Crippen molar-refractivity contribution in [3.05, 3.63) is 23.3 Å². The molecule has 0 bridgehead atoms. The van der Waals surface area contributed by atoms with E-state index in [1.165, 1.54) is 20.3 Å². The second kappa shape index (κ2) is 6.10. The van der Waals surface area contributed by atoms with E-state index < -0.39 is 0 Å². The molecule has 1 aromatic carbocycles. The van der Waals surface area contributed by atoms with Crippen LogP contribution in [0.2, 0.25) is 0 Å². The molecule has 0 aromatic heterocycles. The Kier molecular flexibility index (Phi) is 4.77. The van der Waals surface area contributed by atoms with E-state index >= 15 is 0 Å². The molecule has 18 heavy (non-hydrogen) atoms. The number of hydrogen-bond acceptors (Lipinski definition) is 4. The van der Waals surface area contributed by atoms with Crippen LogP contribution in [0.25, 0.3) is 6.08 Å². The van der Waals surface area contributed by atoms with Gasteiger partial charge in [0.25, 0.3) is 0 Å². The molecule has 4 nitrogen and oxygen atoms in total. The van der Waals surface area contributed by atoms with Crippen LogP contribution in [0.4, 0.5) is 0 Å². The van der Waals surface area contributed by atoms with Gasteiger partial charge in [-0.05, 0) is 5.92 Å². The highest BCUT2D eigenvalue weighted by Gasteiger charge is 2.17. The van der Waals surface area contributed by atoms with Gasteiger partial charge in [0.05, 0.1) is 25.3 Å². The Morgan fingerprint density at radius 2 is 1.89 bits per heavy atom. The lowest BCUT2D eigenvalue weighted by Crippen LogP contribution is -1.98. The molecule has 0 spiro atoms. The lowest BCUT2D eigenvalue weighted by molar-refractivity contribution is 0.111. The standard InChI is InChI=1S/C14H18O4/c1-9(2)5-6-10-13(17-3)7-12(16)11(8-15)14(10)18-4/h5-9,16H,1-4H3/b6-5+. The lowest BCUT2D eigenvalue weighted by atomic mass is 10.0. The summed E-state index contributed by atoms with van der Waals surface area (Å²) in [4.78, 5) is 11.0. The maximum atomic E-state index is 11.0. The number of methoxy groups -OCH3 is 2. The number of rotatable bonds is 5. The van der Waals surface area contributed by atoms with Gasteiger partial charge >= 0.3 is 0 Å². The fourth-order valence-electron chi connectivity index (χ4n) is 1.60. The van der Waals surface area contributed by atoms with Crippen LogP contribution in [0.3, 0.4) is 0 Å². The molecule has 0 saturated heterocycles. The van der Waals surface area contributed by atoms with Crippen molar-refractivity contribution in [2.24, 2.45) is 5.92 Å². The molecule has 0 radical (unpaired) electrons. The van der Waals surface area contributed by atoms with Crippen molar-refractivity contribution in [2.45, 2.75) is 13.8 Å². The van der Waals surface area contributed by atoms with E-state index in [9.17, 15) is 9.90 Å². The average Bonchev–Trinajstić information content (AvgIpc) is 2.35. The van der Waals surface area contributed by atoms with Crippen molar-refractivity contribution in [1.29, 1.82) is 0 Å².